The van der Waals surface area contributed by atoms with Crippen molar-refractivity contribution in [1.82, 2.24) is 20.5 Å². The number of aromatic nitrogens is 1. The van der Waals surface area contributed by atoms with Crippen LogP contribution in [0.5, 0.6) is 0 Å². The minimum absolute atomic E-state index is 0.122. The number of hydrogen-bond acceptors (Lipinski definition) is 6. The number of carbonyl (C=O) groups excluding carboxylic acids is 2. The standard InChI is InChI=1S/C28H45N5O2S/c1-19(2)15-24(27(35)29-13-14-33(17-20(3)4)18-21(5)6)31-26(34)23-11-9-22(10-12-23)25-16-30-28(36-25)32(7)8/h9-12,16,19-21,24H,13-15,17-18H2,1-8H3,(H,29,35)(H,31,34)/t24-/m0/s1. The van der Waals surface area contributed by atoms with Gasteiger partial charge in [0.2, 0.25) is 5.91 Å². The summed E-state index contributed by atoms with van der Waals surface area (Å²) in [6, 6.07) is 6.90. The summed E-state index contributed by atoms with van der Waals surface area (Å²) < 4.78 is 0. The molecule has 0 spiro atoms. The molecular formula is C28H45N5O2S. The van der Waals surface area contributed by atoms with Crippen LogP contribution in [0.25, 0.3) is 10.4 Å². The minimum atomic E-state index is -0.565. The van der Waals surface area contributed by atoms with Crippen LogP contribution in [0.2, 0.25) is 0 Å². The summed E-state index contributed by atoms with van der Waals surface area (Å²) in [7, 11) is 3.93. The van der Waals surface area contributed by atoms with Gasteiger partial charge in [-0.25, -0.2) is 4.98 Å². The number of hydrogen-bond donors (Lipinski definition) is 2. The molecule has 1 aromatic heterocycles. The van der Waals surface area contributed by atoms with E-state index >= 15 is 0 Å². The van der Waals surface area contributed by atoms with Crippen molar-refractivity contribution in [3.8, 4) is 10.4 Å². The Morgan fingerprint density at radius 2 is 1.56 bits per heavy atom. The number of carbonyl (C=O) groups is 2. The minimum Gasteiger partial charge on any atom is -0.354 e. The van der Waals surface area contributed by atoms with Crippen LogP contribution in [0.1, 0.15) is 58.3 Å². The maximum atomic E-state index is 13.0. The van der Waals surface area contributed by atoms with E-state index in [1.165, 1.54) is 0 Å². The molecule has 36 heavy (non-hydrogen) atoms. The Labute approximate surface area is 221 Å². The highest BCUT2D eigenvalue weighted by molar-refractivity contribution is 7.18. The zero-order valence-electron chi connectivity index (χ0n) is 23.3. The Morgan fingerprint density at radius 3 is 2.06 bits per heavy atom. The second-order valence-electron chi connectivity index (χ2n) is 11.0. The third kappa shape index (κ3) is 9.90. The van der Waals surface area contributed by atoms with Gasteiger partial charge in [-0.15, -0.1) is 0 Å². The normalized spacial score (nSPS) is 12.4. The van der Waals surface area contributed by atoms with Gasteiger partial charge < -0.3 is 20.4 Å². The highest BCUT2D eigenvalue weighted by Crippen LogP contribution is 2.30. The van der Waals surface area contributed by atoms with Gasteiger partial charge in [0.25, 0.3) is 5.91 Å². The van der Waals surface area contributed by atoms with E-state index < -0.39 is 6.04 Å². The van der Waals surface area contributed by atoms with Crippen LogP contribution >= 0.6 is 11.3 Å². The van der Waals surface area contributed by atoms with E-state index in [0.717, 1.165) is 35.2 Å². The van der Waals surface area contributed by atoms with Gasteiger partial charge in [-0.1, -0.05) is 65.0 Å². The summed E-state index contributed by atoms with van der Waals surface area (Å²) in [5, 5.41) is 6.96. The summed E-state index contributed by atoms with van der Waals surface area (Å²) in [6.45, 7) is 16.4. The van der Waals surface area contributed by atoms with Crippen molar-refractivity contribution in [1.29, 1.82) is 0 Å². The van der Waals surface area contributed by atoms with E-state index in [1.807, 2.05) is 37.3 Å². The number of thiazole rings is 1. The average Bonchev–Trinajstić information content (AvgIpc) is 3.28. The van der Waals surface area contributed by atoms with Gasteiger partial charge in [-0.05, 0) is 41.9 Å². The molecular weight excluding hydrogens is 470 g/mol. The highest BCUT2D eigenvalue weighted by Gasteiger charge is 2.23. The third-order valence-corrected chi connectivity index (χ3v) is 6.82. The predicted molar refractivity (Wildman–Crippen MR) is 152 cm³/mol. The number of rotatable bonds is 14. The van der Waals surface area contributed by atoms with Crippen LogP contribution in [0.3, 0.4) is 0 Å². The SMILES string of the molecule is CC(C)C[C@H](NC(=O)c1ccc(-c2cnc(N(C)C)s2)cc1)C(=O)NCCN(CC(C)C)CC(C)C. The Balaban J connectivity index is 1.99. The van der Waals surface area contributed by atoms with Gasteiger partial charge in [0, 0.05) is 52.0 Å². The van der Waals surface area contributed by atoms with Crippen molar-refractivity contribution in [2.75, 3.05) is 45.2 Å². The van der Waals surface area contributed by atoms with E-state index in [9.17, 15) is 9.59 Å². The number of nitrogens with one attached hydrogen (secondary N) is 2. The molecule has 0 aliphatic rings. The Kier molecular flexibility index (Phi) is 11.9. The summed E-state index contributed by atoms with van der Waals surface area (Å²) in [5.74, 6) is 1.07. The zero-order chi connectivity index (χ0) is 26.8. The molecule has 0 radical (unpaired) electrons. The molecule has 2 rings (SSSR count). The first-order valence-corrected chi connectivity index (χ1v) is 13.8. The molecule has 1 heterocycles. The Hall–Kier alpha value is -2.45. The lowest BCUT2D eigenvalue weighted by Gasteiger charge is -2.27. The molecule has 200 valence electrons. The average molecular weight is 516 g/mol. The first-order valence-electron chi connectivity index (χ1n) is 13.0. The van der Waals surface area contributed by atoms with Crippen molar-refractivity contribution in [2.24, 2.45) is 17.8 Å². The smallest absolute Gasteiger partial charge is 0.251 e. The zero-order valence-corrected chi connectivity index (χ0v) is 24.1. The van der Waals surface area contributed by atoms with Crippen molar-refractivity contribution in [3.63, 3.8) is 0 Å². The molecule has 2 aromatic rings. The molecule has 0 unspecified atom stereocenters. The first-order chi connectivity index (χ1) is 17.0. The molecule has 0 aliphatic heterocycles. The summed E-state index contributed by atoms with van der Waals surface area (Å²) in [4.78, 5) is 35.8. The van der Waals surface area contributed by atoms with Crippen molar-refractivity contribution >= 4 is 28.3 Å². The van der Waals surface area contributed by atoms with Crippen LogP contribution in [0, 0.1) is 17.8 Å². The van der Waals surface area contributed by atoms with Crippen LogP contribution in [-0.4, -0.2) is 68.0 Å². The molecule has 0 fully saturated rings. The number of nitrogens with zero attached hydrogens (tertiary/aromatic N) is 3. The fourth-order valence-corrected chi connectivity index (χ4v) is 4.93. The largest absolute Gasteiger partial charge is 0.354 e. The monoisotopic (exact) mass is 515 g/mol. The van der Waals surface area contributed by atoms with Crippen molar-refractivity contribution in [2.45, 2.75) is 54.0 Å². The lowest BCUT2D eigenvalue weighted by Crippen LogP contribution is -2.49. The van der Waals surface area contributed by atoms with Crippen molar-refractivity contribution in [3.05, 3.63) is 36.0 Å². The lowest BCUT2D eigenvalue weighted by atomic mass is 10.0. The molecule has 1 aromatic carbocycles. The van der Waals surface area contributed by atoms with E-state index in [1.54, 1.807) is 23.5 Å². The molecule has 0 aliphatic carbocycles. The van der Waals surface area contributed by atoms with Crippen LogP contribution in [0.15, 0.2) is 30.5 Å². The molecule has 0 bridgehead atoms. The summed E-state index contributed by atoms with van der Waals surface area (Å²) >= 11 is 1.60. The predicted octanol–water partition coefficient (Wildman–Crippen LogP) is 4.75. The molecule has 7 nitrogen and oxygen atoms in total. The highest BCUT2D eigenvalue weighted by atomic mass is 32.1. The first kappa shape index (κ1) is 29.8. The van der Waals surface area contributed by atoms with E-state index in [2.05, 4.69) is 62.1 Å². The second-order valence-corrected chi connectivity index (χ2v) is 12.0. The Bertz CT molecular complexity index is 943. The van der Waals surface area contributed by atoms with Crippen LogP contribution in [-0.2, 0) is 4.79 Å². The molecule has 2 N–H and O–H groups in total. The van der Waals surface area contributed by atoms with E-state index in [0.29, 0.717) is 30.4 Å². The van der Waals surface area contributed by atoms with Gasteiger partial charge in [0.15, 0.2) is 5.13 Å². The molecule has 0 saturated carbocycles. The lowest BCUT2D eigenvalue weighted by molar-refractivity contribution is -0.123. The summed E-state index contributed by atoms with van der Waals surface area (Å²) in [5.41, 5.74) is 1.55. The maximum Gasteiger partial charge on any atom is 0.251 e. The fourth-order valence-electron chi connectivity index (χ4n) is 4.09. The topological polar surface area (TPSA) is 77.6 Å². The summed E-state index contributed by atoms with van der Waals surface area (Å²) in [6.07, 6.45) is 2.44. The second kappa shape index (κ2) is 14.3. The van der Waals surface area contributed by atoms with Gasteiger partial charge >= 0.3 is 0 Å². The molecule has 0 saturated heterocycles. The van der Waals surface area contributed by atoms with Gasteiger partial charge in [0.1, 0.15) is 6.04 Å². The van der Waals surface area contributed by atoms with Gasteiger partial charge in [0.05, 0.1) is 4.88 Å². The van der Waals surface area contributed by atoms with Gasteiger partial charge in [-0.3, -0.25) is 9.59 Å². The van der Waals surface area contributed by atoms with Crippen LogP contribution < -0.4 is 15.5 Å². The number of benzene rings is 1. The van der Waals surface area contributed by atoms with E-state index in [4.69, 9.17) is 0 Å². The molecule has 8 heteroatoms. The van der Waals surface area contributed by atoms with Gasteiger partial charge in [-0.2, -0.15) is 0 Å². The Morgan fingerprint density at radius 1 is 0.944 bits per heavy atom. The number of amides is 2. The third-order valence-electron chi connectivity index (χ3n) is 5.61. The maximum absolute atomic E-state index is 13.0. The quantitative estimate of drug-likeness (QED) is 0.380. The van der Waals surface area contributed by atoms with Crippen LogP contribution in [0.4, 0.5) is 5.13 Å². The van der Waals surface area contributed by atoms with E-state index in [-0.39, 0.29) is 17.7 Å². The van der Waals surface area contributed by atoms with Crippen molar-refractivity contribution < 1.29 is 9.59 Å². The fraction of sp³-hybridized carbons (Fsp3) is 0.607. The molecule has 1 atom stereocenters. The molecule has 2 amide bonds. The number of anilines is 1.